The number of hydrogen-bond donors (Lipinski definition) is 2. The normalized spacial score (nSPS) is 10.3. The molecule has 0 radical (unpaired) electrons. The number of carbonyl (C=O) groups is 2. The van der Waals surface area contributed by atoms with Crippen molar-refractivity contribution in [2.45, 2.75) is 19.8 Å². The highest BCUT2D eigenvalue weighted by Crippen LogP contribution is 2.14. The zero-order chi connectivity index (χ0) is 19.8. The molecule has 3 rings (SSSR count). The van der Waals surface area contributed by atoms with Crippen LogP contribution < -0.4 is 10.6 Å². The van der Waals surface area contributed by atoms with Gasteiger partial charge in [-0.15, -0.1) is 0 Å². The molecule has 0 atom stereocenters. The molecule has 1 heterocycles. The summed E-state index contributed by atoms with van der Waals surface area (Å²) in [6.07, 6.45) is 1.73. The van der Waals surface area contributed by atoms with E-state index in [0.29, 0.717) is 6.54 Å². The Bertz CT molecular complexity index is 955. The van der Waals surface area contributed by atoms with Crippen molar-refractivity contribution < 1.29 is 9.59 Å². The Balaban J connectivity index is 1.55. The van der Waals surface area contributed by atoms with E-state index in [0.717, 1.165) is 24.1 Å². The predicted molar refractivity (Wildman–Crippen MR) is 110 cm³/mol. The van der Waals surface area contributed by atoms with E-state index in [4.69, 9.17) is 0 Å². The molecule has 0 unspecified atom stereocenters. The third-order valence-corrected chi connectivity index (χ3v) is 4.38. The monoisotopic (exact) mass is 373 g/mol. The molecule has 0 spiro atoms. The number of nitrogens with one attached hydrogen (secondary N) is 2. The molecular weight excluding hydrogens is 350 g/mol. The second kappa shape index (κ2) is 9.46. The number of aromatic nitrogens is 1. The van der Waals surface area contributed by atoms with Gasteiger partial charge in [-0.3, -0.25) is 9.59 Å². The van der Waals surface area contributed by atoms with Gasteiger partial charge in [0.15, 0.2) is 0 Å². The lowest BCUT2D eigenvalue weighted by Crippen LogP contribution is -2.26. The minimum absolute atomic E-state index is 0.209. The van der Waals surface area contributed by atoms with Crippen molar-refractivity contribution in [3.63, 3.8) is 0 Å². The molecule has 2 N–H and O–H groups in total. The number of amides is 2. The van der Waals surface area contributed by atoms with E-state index in [1.807, 2.05) is 49.4 Å². The molecule has 0 fully saturated rings. The topological polar surface area (TPSA) is 71.1 Å². The lowest BCUT2D eigenvalue weighted by molar-refractivity contribution is 0.0948. The highest BCUT2D eigenvalue weighted by molar-refractivity contribution is 6.04. The molecule has 142 valence electrons. The minimum atomic E-state index is -0.340. The van der Waals surface area contributed by atoms with Gasteiger partial charge in [0.2, 0.25) is 0 Å². The fourth-order valence-corrected chi connectivity index (χ4v) is 2.82. The molecule has 0 saturated heterocycles. The molecule has 2 amide bonds. The van der Waals surface area contributed by atoms with E-state index in [9.17, 15) is 9.59 Å². The maximum Gasteiger partial charge on any atom is 0.274 e. The molecule has 3 aromatic rings. The van der Waals surface area contributed by atoms with Gasteiger partial charge in [0.05, 0.1) is 0 Å². The average molecular weight is 373 g/mol. The first-order chi connectivity index (χ1) is 13.6. The Labute approximate surface area is 164 Å². The van der Waals surface area contributed by atoms with Crippen LogP contribution >= 0.6 is 0 Å². The van der Waals surface area contributed by atoms with E-state index in [1.165, 1.54) is 5.56 Å². The van der Waals surface area contributed by atoms with Gasteiger partial charge in [-0.1, -0.05) is 54.6 Å². The van der Waals surface area contributed by atoms with Gasteiger partial charge in [0, 0.05) is 12.2 Å². The quantitative estimate of drug-likeness (QED) is 0.615. The van der Waals surface area contributed by atoms with Crippen molar-refractivity contribution in [1.82, 2.24) is 10.3 Å². The van der Waals surface area contributed by atoms with Crippen LogP contribution in [0, 0.1) is 6.92 Å². The summed E-state index contributed by atoms with van der Waals surface area (Å²) in [4.78, 5) is 29.0. The van der Waals surface area contributed by atoms with Gasteiger partial charge < -0.3 is 10.6 Å². The molecule has 5 nitrogen and oxygen atoms in total. The van der Waals surface area contributed by atoms with Gasteiger partial charge in [-0.2, -0.15) is 0 Å². The first kappa shape index (κ1) is 19.3. The van der Waals surface area contributed by atoms with E-state index >= 15 is 0 Å². The number of rotatable bonds is 7. The van der Waals surface area contributed by atoms with Crippen molar-refractivity contribution in [2.75, 3.05) is 11.9 Å². The number of aryl methyl sites for hydroxylation is 2. The highest BCUT2D eigenvalue weighted by Gasteiger charge is 2.13. The molecule has 28 heavy (non-hydrogen) atoms. The van der Waals surface area contributed by atoms with Gasteiger partial charge in [-0.25, -0.2) is 4.98 Å². The third kappa shape index (κ3) is 5.27. The second-order valence-corrected chi connectivity index (χ2v) is 6.52. The van der Waals surface area contributed by atoms with Crippen LogP contribution in [0.25, 0.3) is 0 Å². The van der Waals surface area contributed by atoms with Gasteiger partial charge >= 0.3 is 0 Å². The van der Waals surface area contributed by atoms with Gasteiger partial charge in [0.25, 0.3) is 11.8 Å². The SMILES string of the molecule is Cc1ccccc1NC(=O)c1cccc(C(=O)NCCCc2ccccc2)n1. The van der Waals surface area contributed by atoms with Crippen molar-refractivity contribution in [3.8, 4) is 0 Å². The van der Waals surface area contributed by atoms with Crippen molar-refractivity contribution in [3.05, 3.63) is 95.3 Å². The lowest BCUT2D eigenvalue weighted by atomic mass is 10.1. The van der Waals surface area contributed by atoms with E-state index in [-0.39, 0.29) is 23.2 Å². The first-order valence-electron chi connectivity index (χ1n) is 9.29. The molecule has 0 bridgehead atoms. The number of nitrogens with zero attached hydrogens (tertiary/aromatic N) is 1. The zero-order valence-electron chi connectivity index (χ0n) is 15.8. The third-order valence-electron chi connectivity index (χ3n) is 4.38. The van der Waals surface area contributed by atoms with Crippen LogP contribution in [0.5, 0.6) is 0 Å². The summed E-state index contributed by atoms with van der Waals surface area (Å²) in [6, 6.07) is 22.5. The summed E-state index contributed by atoms with van der Waals surface area (Å²) < 4.78 is 0. The summed E-state index contributed by atoms with van der Waals surface area (Å²) >= 11 is 0. The second-order valence-electron chi connectivity index (χ2n) is 6.52. The maximum atomic E-state index is 12.5. The summed E-state index contributed by atoms with van der Waals surface area (Å²) in [5, 5.41) is 5.69. The van der Waals surface area contributed by atoms with Crippen LogP contribution in [-0.2, 0) is 6.42 Å². The van der Waals surface area contributed by atoms with Crippen LogP contribution in [-0.4, -0.2) is 23.3 Å². The number of carbonyl (C=O) groups excluding carboxylic acids is 2. The smallest absolute Gasteiger partial charge is 0.274 e. The highest BCUT2D eigenvalue weighted by atomic mass is 16.2. The Morgan fingerprint density at radius 2 is 1.50 bits per heavy atom. The first-order valence-corrected chi connectivity index (χ1v) is 9.29. The summed E-state index contributed by atoms with van der Waals surface area (Å²) in [6.45, 7) is 2.47. The molecule has 0 aliphatic carbocycles. The van der Waals surface area contributed by atoms with Crippen molar-refractivity contribution in [2.24, 2.45) is 0 Å². The summed E-state index contributed by atoms with van der Waals surface area (Å²) in [7, 11) is 0. The van der Waals surface area contributed by atoms with Crippen molar-refractivity contribution >= 4 is 17.5 Å². The van der Waals surface area contributed by atoms with E-state index in [2.05, 4.69) is 27.8 Å². The Morgan fingerprint density at radius 1 is 0.821 bits per heavy atom. The predicted octanol–water partition coefficient (Wildman–Crippen LogP) is 4.00. The summed E-state index contributed by atoms with van der Waals surface area (Å²) in [5.41, 5.74) is 3.37. The van der Waals surface area contributed by atoms with Gasteiger partial charge in [0.1, 0.15) is 11.4 Å². The Morgan fingerprint density at radius 3 is 2.25 bits per heavy atom. The van der Waals surface area contributed by atoms with E-state index < -0.39 is 0 Å². The van der Waals surface area contributed by atoms with Crippen LogP contribution in [0.4, 0.5) is 5.69 Å². The molecule has 5 heteroatoms. The standard InChI is InChI=1S/C23H23N3O2/c1-17-9-5-6-13-19(17)26-23(28)21-15-7-14-20(25-21)22(27)24-16-8-12-18-10-3-2-4-11-18/h2-7,9-11,13-15H,8,12,16H2,1H3,(H,24,27)(H,26,28). The van der Waals surface area contributed by atoms with Crippen LogP contribution in [0.15, 0.2) is 72.8 Å². The summed E-state index contributed by atoms with van der Waals surface area (Å²) in [5.74, 6) is -0.619. The molecule has 0 aliphatic heterocycles. The zero-order valence-corrected chi connectivity index (χ0v) is 15.8. The van der Waals surface area contributed by atoms with Crippen molar-refractivity contribution in [1.29, 1.82) is 0 Å². The van der Waals surface area contributed by atoms with Crippen LogP contribution in [0.2, 0.25) is 0 Å². The number of hydrogen-bond acceptors (Lipinski definition) is 3. The van der Waals surface area contributed by atoms with Crippen LogP contribution in [0.1, 0.15) is 38.5 Å². The number of anilines is 1. The number of para-hydroxylation sites is 1. The molecule has 2 aromatic carbocycles. The molecule has 1 aromatic heterocycles. The van der Waals surface area contributed by atoms with Crippen LogP contribution in [0.3, 0.4) is 0 Å². The largest absolute Gasteiger partial charge is 0.351 e. The van der Waals surface area contributed by atoms with E-state index in [1.54, 1.807) is 18.2 Å². The van der Waals surface area contributed by atoms with Gasteiger partial charge in [-0.05, 0) is 49.1 Å². The Kier molecular flexibility index (Phi) is 6.52. The average Bonchev–Trinajstić information content (AvgIpc) is 2.73. The fourth-order valence-electron chi connectivity index (χ4n) is 2.82. The number of pyridine rings is 1. The molecular formula is C23H23N3O2. The maximum absolute atomic E-state index is 12.5. The molecule has 0 aliphatic rings. The Hall–Kier alpha value is -3.47. The minimum Gasteiger partial charge on any atom is -0.351 e. The fraction of sp³-hybridized carbons (Fsp3) is 0.174. The molecule has 0 saturated carbocycles. The number of benzene rings is 2. The lowest BCUT2D eigenvalue weighted by Gasteiger charge is -2.09.